The summed E-state index contributed by atoms with van der Waals surface area (Å²) in [6.45, 7) is 5.47. The molecule has 1 aliphatic rings. The number of hydrogen-bond donors (Lipinski definition) is 2. The Morgan fingerprint density at radius 1 is 1.26 bits per heavy atom. The van der Waals surface area contributed by atoms with Gasteiger partial charge in [0.25, 0.3) is 0 Å². The number of para-hydroxylation sites is 1. The second kappa shape index (κ2) is 7.04. The Hall–Kier alpha value is -2.01. The summed E-state index contributed by atoms with van der Waals surface area (Å²) in [5, 5.41) is 7.12. The van der Waals surface area contributed by atoms with Crippen LogP contribution in [0.25, 0.3) is 11.0 Å². The van der Waals surface area contributed by atoms with E-state index in [4.69, 9.17) is 9.15 Å². The first-order chi connectivity index (χ1) is 11.1. The van der Waals surface area contributed by atoms with Gasteiger partial charge in [-0.1, -0.05) is 18.2 Å². The largest absolute Gasteiger partial charge is 0.459 e. The van der Waals surface area contributed by atoms with E-state index in [9.17, 15) is 4.79 Å². The van der Waals surface area contributed by atoms with Crippen molar-refractivity contribution in [2.45, 2.75) is 45.2 Å². The smallest absolute Gasteiger partial charge is 0.315 e. The SMILES string of the molecule is Cc1c([C@H](C)NC(=O)NC2CCCOCC2)oc2ccccc12. The molecule has 0 saturated carbocycles. The highest BCUT2D eigenvalue weighted by Crippen LogP contribution is 2.29. The third-order valence-corrected chi connectivity index (χ3v) is 4.41. The minimum atomic E-state index is -0.176. The highest BCUT2D eigenvalue weighted by Gasteiger charge is 2.20. The Morgan fingerprint density at radius 3 is 2.91 bits per heavy atom. The second-order valence-electron chi connectivity index (χ2n) is 6.17. The molecule has 5 heteroatoms. The van der Waals surface area contributed by atoms with E-state index < -0.39 is 0 Å². The van der Waals surface area contributed by atoms with Crippen LogP contribution in [0.3, 0.4) is 0 Å². The van der Waals surface area contributed by atoms with Crippen molar-refractivity contribution in [3.63, 3.8) is 0 Å². The van der Waals surface area contributed by atoms with Crippen molar-refractivity contribution < 1.29 is 13.9 Å². The first-order valence-corrected chi connectivity index (χ1v) is 8.28. The summed E-state index contributed by atoms with van der Waals surface area (Å²) < 4.78 is 11.3. The molecule has 3 rings (SSSR count). The minimum absolute atomic E-state index is 0.149. The van der Waals surface area contributed by atoms with Crippen LogP contribution >= 0.6 is 0 Å². The van der Waals surface area contributed by atoms with E-state index in [-0.39, 0.29) is 18.1 Å². The standard InChI is InChI=1S/C18H24N2O3/c1-12-15-7-3-4-8-16(15)23-17(12)13(2)19-18(21)20-14-6-5-10-22-11-9-14/h3-4,7-8,13-14H,5-6,9-11H2,1-2H3,(H2,19,20,21)/t13-,14?/m0/s1. The third kappa shape index (κ3) is 3.67. The molecule has 2 heterocycles. The molecule has 1 aliphatic heterocycles. The van der Waals surface area contributed by atoms with E-state index >= 15 is 0 Å². The van der Waals surface area contributed by atoms with Gasteiger partial charge in [0.15, 0.2) is 0 Å². The average molecular weight is 316 g/mol. The van der Waals surface area contributed by atoms with Crippen LogP contribution in [0.15, 0.2) is 28.7 Å². The third-order valence-electron chi connectivity index (χ3n) is 4.41. The number of amides is 2. The Labute approximate surface area is 136 Å². The van der Waals surface area contributed by atoms with Crippen molar-refractivity contribution in [1.29, 1.82) is 0 Å². The van der Waals surface area contributed by atoms with Gasteiger partial charge in [-0.2, -0.15) is 0 Å². The number of furan rings is 1. The topological polar surface area (TPSA) is 63.5 Å². The van der Waals surface area contributed by atoms with Crippen molar-refractivity contribution >= 4 is 17.0 Å². The molecule has 23 heavy (non-hydrogen) atoms. The summed E-state index contributed by atoms with van der Waals surface area (Å²) in [6, 6.07) is 7.79. The van der Waals surface area contributed by atoms with Gasteiger partial charge >= 0.3 is 6.03 Å². The van der Waals surface area contributed by atoms with Crippen LogP contribution < -0.4 is 10.6 Å². The van der Waals surface area contributed by atoms with Gasteiger partial charge < -0.3 is 19.8 Å². The highest BCUT2D eigenvalue weighted by molar-refractivity contribution is 5.82. The number of aryl methyl sites for hydroxylation is 1. The molecular weight excluding hydrogens is 292 g/mol. The molecule has 5 nitrogen and oxygen atoms in total. The monoisotopic (exact) mass is 316 g/mol. The quantitative estimate of drug-likeness (QED) is 0.908. The number of ether oxygens (including phenoxy) is 1. The molecule has 2 amide bonds. The summed E-state index contributed by atoms with van der Waals surface area (Å²) in [7, 11) is 0. The van der Waals surface area contributed by atoms with Crippen LogP contribution in [-0.2, 0) is 4.74 Å². The summed E-state index contributed by atoms with van der Waals surface area (Å²) in [6.07, 6.45) is 2.82. The molecule has 124 valence electrons. The number of rotatable bonds is 3. The van der Waals surface area contributed by atoms with E-state index in [2.05, 4.69) is 10.6 Å². The summed E-state index contributed by atoms with van der Waals surface area (Å²) >= 11 is 0. The van der Waals surface area contributed by atoms with Gasteiger partial charge in [-0.25, -0.2) is 4.79 Å². The molecule has 0 spiro atoms. The van der Waals surface area contributed by atoms with Gasteiger partial charge in [-0.15, -0.1) is 0 Å². The highest BCUT2D eigenvalue weighted by atomic mass is 16.5. The number of carbonyl (C=O) groups is 1. The van der Waals surface area contributed by atoms with E-state index in [1.54, 1.807) is 0 Å². The number of benzene rings is 1. The Balaban J connectivity index is 1.64. The number of fused-ring (bicyclic) bond motifs is 1. The normalized spacial score (nSPS) is 20.0. The lowest BCUT2D eigenvalue weighted by Gasteiger charge is -2.18. The van der Waals surface area contributed by atoms with Gasteiger partial charge in [0, 0.05) is 30.2 Å². The molecular formula is C18H24N2O3. The lowest BCUT2D eigenvalue weighted by atomic mass is 10.1. The minimum Gasteiger partial charge on any atom is -0.459 e. The van der Waals surface area contributed by atoms with Crippen molar-refractivity contribution in [3.8, 4) is 0 Å². The molecule has 1 aromatic heterocycles. The average Bonchev–Trinajstić information content (AvgIpc) is 2.71. The molecule has 1 unspecified atom stereocenters. The predicted molar refractivity (Wildman–Crippen MR) is 89.5 cm³/mol. The molecule has 2 atom stereocenters. The van der Waals surface area contributed by atoms with Gasteiger partial charge in [0.1, 0.15) is 11.3 Å². The molecule has 2 aromatic rings. The van der Waals surface area contributed by atoms with Gasteiger partial charge in [0.05, 0.1) is 6.04 Å². The summed E-state index contributed by atoms with van der Waals surface area (Å²) in [5.41, 5.74) is 1.94. The number of hydrogen-bond acceptors (Lipinski definition) is 3. The van der Waals surface area contributed by atoms with Crippen LogP contribution in [0, 0.1) is 6.92 Å². The molecule has 0 aliphatic carbocycles. The van der Waals surface area contributed by atoms with Crippen molar-refractivity contribution in [3.05, 3.63) is 35.6 Å². The fourth-order valence-corrected chi connectivity index (χ4v) is 3.14. The molecule has 0 radical (unpaired) electrons. The fraction of sp³-hybridized carbons (Fsp3) is 0.500. The summed E-state index contributed by atoms with van der Waals surface area (Å²) in [4.78, 5) is 12.2. The molecule has 1 fully saturated rings. The van der Waals surface area contributed by atoms with Crippen molar-refractivity contribution in [2.75, 3.05) is 13.2 Å². The molecule has 0 bridgehead atoms. The van der Waals surface area contributed by atoms with E-state index in [0.717, 1.165) is 48.2 Å². The zero-order chi connectivity index (χ0) is 16.2. The Morgan fingerprint density at radius 2 is 2.09 bits per heavy atom. The van der Waals surface area contributed by atoms with E-state index in [1.165, 1.54) is 0 Å². The van der Waals surface area contributed by atoms with E-state index in [1.807, 2.05) is 38.1 Å². The zero-order valence-corrected chi connectivity index (χ0v) is 13.7. The van der Waals surface area contributed by atoms with Gasteiger partial charge in [0.2, 0.25) is 0 Å². The number of carbonyl (C=O) groups excluding carboxylic acids is 1. The maximum absolute atomic E-state index is 12.2. The summed E-state index contributed by atoms with van der Waals surface area (Å²) in [5.74, 6) is 0.811. The van der Waals surface area contributed by atoms with Gasteiger partial charge in [-0.05, 0) is 39.2 Å². The van der Waals surface area contributed by atoms with Crippen LogP contribution in [0.5, 0.6) is 0 Å². The second-order valence-corrected chi connectivity index (χ2v) is 6.17. The maximum Gasteiger partial charge on any atom is 0.315 e. The van der Waals surface area contributed by atoms with Crippen LogP contribution in [0.1, 0.15) is 43.6 Å². The number of nitrogens with one attached hydrogen (secondary N) is 2. The fourth-order valence-electron chi connectivity index (χ4n) is 3.14. The Bertz CT molecular complexity index is 672. The molecule has 2 N–H and O–H groups in total. The molecule has 1 aromatic carbocycles. The number of urea groups is 1. The maximum atomic E-state index is 12.2. The van der Waals surface area contributed by atoms with Crippen molar-refractivity contribution in [2.24, 2.45) is 0 Å². The molecule has 1 saturated heterocycles. The Kier molecular flexibility index (Phi) is 4.86. The van der Waals surface area contributed by atoms with Crippen LogP contribution in [-0.4, -0.2) is 25.3 Å². The predicted octanol–water partition coefficient (Wildman–Crippen LogP) is 3.67. The van der Waals surface area contributed by atoms with Crippen LogP contribution in [0.2, 0.25) is 0 Å². The van der Waals surface area contributed by atoms with Crippen molar-refractivity contribution in [1.82, 2.24) is 10.6 Å². The first-order valence-electron chi connectivity index (χ1n) is 8.28. The first kappa shape index (κ1) is 15.9. The lowest BCUT2D eigenvalue weighted by molar-refractivity contribution is 0.142. The lowest BCUT2D eigenvalue weighted by Crippen LogP contribution is -2.43. The zero-order valence-electron chi connectivity index (χ0n) is 13.7. The van der Waals surface area contributed by atoms with Crippen LogP contribution in [0.4, 0.5) is 4.79 Å². The van der Waals surface area contributed by atoms with Gasteiger partial charge in [-0.3, -0.25) is 0 Å². The van der Waals surface area contributed by atoms with E-state index in [0.29, 0.717) is 6.61 Å².